The van der Waals surface area contributed by atoms with Gasteiger partial charge in [-0.05, 0) is 18.6 Å². The fraction of sp³-hybridized carbons (Fsp3) is 0.389. The van der Waals surface area contributed by atoms with Gasteiger partial charge >= 0.3 is 5.97 Å². The summed E-state index contributed by atoms with van der Waals surface area (Å²) < 4.78 is 28.9. The van der Waals surface area contributed by atoms with Crippen molar-refractivity contribution in [3.63, 3.8) is 0 Å². The van der Waals surface area contributed by atoms with Crippen molar-refractivity contribution >= 4 is 11.9 Å². The number of amides is 1. The van der Waals surface area contributed by atoms with Crippen molar-refractivity contribution in [1.29, 1.82) is 0 Å². The Morgan fingerprint density at radius 2 is 2.04 bits per heavy atom. The molecule has 0 bridgehead atoms. The van der Waals surface area contributed by atoms with Gasteiger partial charge in [-0.2, -0.15) is 5.10 Å². The van der Waals surface area contributed by atoms with Crippen LogP contribution >= 0.6 is 0 Å². The molecule has 0 atom stereocenters. The standard InChI is InChI=1S/C18H19F2N3O3/c19-15-4-1-3-12(18(15)20)9-16(24)22-7-2-8-23-14(11-22)10-13(21-23)5-6-17(25)26/h1,3-4,10H,2,5-9,11H2,(H,25,26). The number of hydrogen-bond donors (Lipinski definition) is 1. The van der Waals surface area contributed by atoms with Crippen LogP contribution in [0.15, 0.2) is 24.3 Å². The van der Waals surface area contributed by atoms with Crippen LogP contribution in [0.2, 0.25) is 0 Å². The molecule has 138 valence electrons. The normalized spacial score (nSPS) is 14.0. The van der Waals surface area contributed by atoms with Gasteiger partial charge in [0.2, 0.25) is 5.91 Å². The number of aliphatic carboxylic acids is 1. The highest BCUT2D eigenvalue weighted by Crippen LogP contribution is 2.18. The zero-order valence-electron chi connectivity index (χ0n) is 14.1. The molecular weight excluding hydrogens is 344 g/mol. The Hall–Kier alpha value is -2.77. The lowest BCUT2D eigenvalue weighted by Crippen LogP contribution is -2.32. The Bertz CT molecular complexity index is 835. The lowest BCUT2D eigenvalue weighted by molar-refractivity contribution is -0.137. The van der Waals surface area contributed by atoms with Gasteiger partial charge < -0.3 is 10.0 Å². The van der Waals surface area contributed by atoms with Crippen LogP contribution in [0.4, 0.5) is 8.78 Å². The number of rotatable bonds is 5. The lowest BCUT2D eigenvalue weighted by Gasteiger charge is -2.20. The molecule has 0 aliphatic carbocycles. The predicted octanol–water partition coefficient (Wildman–Crippen LogP) is 2.15. The molecule has 1 aliphatic rings. The van der Waals surface area contributed by atoms with E-state index < -0.39 is 17.6 Å². The summed E-state index contributed by atoms with van der Waals surface area (Å²) in [5.41, 5.74) is 1.53. The Kier molecular flexibility index (Phi) is 5.29. The molecule has 1 amide bonds. The number of carboxylic acid groups (broad SMARTS) is 1. The first-order chi connectivity index (χ1) is 12.4. The Morgan fingerprint density at radius 1 is 1.23 bits per heavy atom. The maximum absolute atomic E-state index is 13.8. The summed E-state index contributed by atoms with van der Waals surface area (Å²) in [5, 5.41) is 13.2. The number of aromatic nitrogens is 2. The molecule has 0 saturated carbocycles. The van der Waals surface area contributed by atoms with E-state index in [1.54, 1.807) is 15.6 Å². The van der Waals surface area contributed by atoms with Crippen LogP contribution < -0.4 is 0 Å². The Balaban J connectivity index is 1.70. The van der Waals surface area contributed by atoms with Gasteiger partial charge in [0, 0.05) is 25.1 Å². The number of aryl methyl sites for hydroxylation is 2. The van der Waals surface area contributed by atoms with E-state index in [2.05, 4.69) is 5.10 Å². The minimum absolute atomic E-state index is 0.00204. The average Bonchev–Trinajstić information content (AvgIpc) is 2.87. The fourth-order valence-corrected chi connectivity index (χ4v) is 3.05. The third kappa shape index (κ3) is 4.07. The van der Waals surface area contributed by atoms with Gasteiger partial charge in [0.05, 0.1) is 30.8 Å². The van der Waals surface area contributed by atoms with Crippen molar-refractivity contribution in [2.24, 2.45) is 0 Å². The second-order valence-electron chi connectivity index (χ2n) is 6.30. The number of carboxylic acids is 1. The summed E-state index contributed by atoms with van der Waals surface area (Å²) in [4.78, 5) is 24.8. The highest BCUT2D eigenvalue weighted by molar-refractivity contribution is 5.78. The van der Waals surface area contributed by atoms with Crippen molar-refractivity contribution < 1.29 is 23.5 Å². The predicted molar refractivity (Wildman–Crippen MR) is 88.3 cm³/mol. The zero-order chi connectivity index (χ0) is 18.7. The minimum Gasteiger partial charge on any atom is -0.481 e. The summed E-state index contributed by atoms with van der Waals surface area (Å²) in [6.45, 7) is 1.44. The molecule has 2 aromatic rings. The summed E-state index contributed by atoms with van der Waals surface area (Å²) in [6.07, 6.45) is 0.809. The van der Waals surface area contributed by atoms with E-state index in [-0.39, 0.29) is 24.3 Å². The second kappa shape index (κ2) is 7.63. The van der Waals surface area contributed by atoms with Crippen LogP contribution in [0.25, 0.3) is 0 Å². The van der Waals surface area contributed by atoms with Gasteiger partial charge in [-0.1, -0.05) is 12.1 Å². The van der Waals surface area contributed by atoms with Crippen LogP contribution in [-0.4, -0.2) is 38.2 Å². The summed E-state index contributed by atoms with van der Waals surface area (Å²) in [5.74, 6) is -3.12. The van der Waals surface area contributed by atoms with Crippen LogP contribution in [0.1, 0.15) is 29.8 Å². The van der Waals surface area contributed by atoms with Crippen molar-refractivity contribution in [2.75, 3.05) is 6.54 Å². The molecule has 1 aromatic carbocycles. The maximum atomic E-state index is 13.8. The second-order valence-corrected chi connectivity index (χ2v) is 6.30. The molecule has 1 N–H and O–H groups in total. The molecule has 1 aliphatic heterocycles. The number of carbonyl (C=O) groups excluding carboxylic acids is 1. The molecule has 0 unspecified atom stereocenters. The lowest BCUT2D eigenvalue weighted by atomic mass is 10.1. The maximum Gasteiger partial charge on any atom is 0.303 e. The molecule has 3 rings (SSSR count). The van der Waals surface area contributed by atoms with Gasteiger partial charge in [0.1, 0.15) is 0 Å². The third-order valence-corrected chi connectivity index (χ3v) is 4.39. The average molecular weight is 363 g/mol. The first-order valence-electron chi connectivity index (χ1n) is 8.42. The highest BCUT2D eigenvalue weighted by atomic mass is 19.2. The van der Waals surface area contributed by atoms with E-state index in [1.165, 1.54) is 12.1 Å². The number of carbonyl (C=O) groups is 2. The molecule has 26 heavy (non-hydrogen) atoms. The number of halogens is 2. The first kappa shape index (κ1) is 18.0. The molecule has 6 nitrogen and oxygen atoms in total. The van der Waals surface area contributed by atoms with Crippen molar-refractivity contribution in [3.05, 3.63) is 52.9 Å². The van der Waals surface area contributed by atoms with Crippen molar-refractivity contribution in [3.8, 4) is 0 Å². The number of nitrogens with zero attached hydrogens (tertiary/aromatic N) is 3. The van der Waals surface area contributed by atoms with Crippen molar-refractivity contribution in [1.82, 2.24) is 14.7 Å². The summed E-state index contributed by atoms with van der Waals surface area (Å²) in [7, 11) is 0. The molecule has 2 heterocycles. The van der Waals surface area contributed by atoms with Crippen LogP contribution in [0.3, 0.4) is 0 Å². The van der Waals surface area contributed by atoms with Gasteiger partial charge in [0.25, 0.3) is 0 Å². The van der Waals surface area contributed by atoms with E-state index in [0.717, 1.165) is 11.8 Å². The monoisotopic (exact) mass is 363 g/mol. The quantitative estimate of drug-likeness (QED) is 0.883. The molecule has 1 aromatic heterocycles. The topological polar surface area (TPSA) is 75.4 Å². The number of benzene rings is 1. The minimum atomic E-state index is -0.989. The Labute approximate surface area is 149 Å². The van der Waals surface area contributed by atoms with Gasteiger partial charge in [-0.15, -0.1) is 0 Å². The Morgan fingerprint density at radius 3 is 2.81 bits per heavy atom. The van der Waals surface area contributed by atoms with E-state index in [4.69, 9.17) is 5.11 Å². The summed E-state index contributed by atoms with van der Waals surface area (Å²) in [6, 6.07) is 5.61. The van der Waals surface area contributed by atoms with Gasteiger partial charge in [0.15, 0.2) is 11.6 Å². The van der Waals surface area contributed by atoms with Gasteiger partial charge in [-0.3, -0.25) is 14.3 Å². The van der Waals surface area contributed by atoms with Crippen molar-refractivity contribution in [2.45, 2.75) is 38.8 Å². The summed E-state index contributed by atoms with van der Waals surface area (Å²) >= 11 is 0. The van der Waals surface area contributed by atoms with E-state index in [9.17, 15) is 18.4 Å². The largest absolute Gasteiger partial charge is 0.481 e. The smallest absolute Gasteiger partial charge is 0.303 e. The van der Waals surface area contributed by atoms with Crippen LogP contribution in [-0.2, 0) is 35.5 Å². The molecule has 0 saturated heterocycles. The molecule has 0 spiro atoms. The molecular formula is C18H19F2N3O3. The zero-order valence-corrected chi connectivity index (χ0v) is 14.1. The number of hydrogen-bond acceptors (Lipinski definition) is 3. The molecule has 8 heteroatoms. The molecule has 0 fully saturated rings. The van der Waals surface area contributed by atoms with Crippen LogP contribution in [0.5, 0.6) is 0 Å². The third-order valence-electron chi connectivity index (χ3n) is 4.39. The van der Waals surface area contributed by atoms with E-state index >= 15 is 0 Å². The van der Waals surface area contributed by atoms with Gasteiger partial charge in [-0.25, -0.2) is 8.78 Å². The molecule has 0 radical (unpaired) electrons. The first-order valence-corrected chi connectivity index (χ1v) is 8.42. The SMILES string of the molecule is O=C(O)CCc1cc2n(n1)CCCN(C(=O)Cc1cccc(F)c1F)C2. The van der Waals surface area contributed by atoms with E-state index in [0.29, 0.717) is 38.2 Å². The van der Waals surface area contributed by atoms with E-state index in [1.807, 2.05) is 0 Å². The fourth-order valence-electron chi connectivity index (χ4n) is 3.05. The van der Waals surface area contributed by atoms with Crippen LogP contribution in [0, 0.1) is 11.6 Å². The number of fused-ring (bicyclic) bond motifs is 1. The highest BCUT2D eigenvalue weighted by Gasteiger charge is 2.22.